The van der Waals surface area contributed by atoms with Crippen LogP contribution in [0.4, 0.5) is 19.1 Å². The van der Waals surface area contributed by atoms with Gasteiger partial charge in [0.05, 0.1) is 11.6 Å². The zero-order chi connectivity index (χ0) is 18.6. The number of aryl methyl sites for hydroxylation is 1. The Labute approximate surface area is 144 Å². The van der Waals surface area contributed by atoms with Gasteiger partial charge in [0, 0.05) is 13.0 Å². The summed E-state index contributed by atoms with van der Waals surface area (Å²) in [4.78, 5) is 5.93. The van der Waals surface area contributed by atoms with Crippen molar-refractivity contribution < 1.29 is 17.6 Å². The summed E-state index contributed by atoms with van der Waals surface area (Å²) in [7, 11) is 3.65. The van der Waals surface area contributed by atoms with Gasteiger partial charge in [0.2, 0.25) is 11.6 Å². The number of rotatable bonds is 6. The van der Waals surface area contributed by atoms with E-state index in [1.807, 2.05) is 32.0 Å². The molecule has 0 saturated heterocycles. The van der Waals surface area contributed by atoms with Gasteiger partial charge in [-0.2, -0.15) is 18.4 Å². The molecule has 0 amide bonds. The zero-order valence-electron chi connectivity index (χ0n) is 14.2. The smallest absolute Gasteiger partial charge is 0.416 e. The minimum atomic E-state index is -4.36. The molecule has 0 bridgehead atoms. The van der Waals surface area contributed by atoms with Gasteiger partial charge in [-0.05, 0) is 31.8 Å². The van der Waals surface area contributed by atoms with E-state index in [2.05, 4.69) is 10.3 Å². The maximum Gasteiger partial charge on any atom is 0.416 e. The monoisotopic (exact) mass is 352 g/mol. The fraction of sp³-hybridized carbons (Fsp3) is 0.412. The number of oxazole rings is 1. The molecule has 0 aliphatic heterocycles. The number of aromatic nitrogens is 1. The fourth-order valence-corrected chi connectivity index (χ4v) is 2.39. The Bertz CT molecular complexity index is 745. The van der Waals surface area contributed by atoms with Crippen molar-refractivity contribution in [3.05, 3.63) is 47.0 Å². The summed E-state index contributed by atoms with van der Waals surface area (Å²) < 4.78 is 43.6. The minimum Gasteiger partial charge on any atom is -0.424 e. The number of halogens is 3. The first-order valence-electron chi connectivity index (χ1n) is 7.73. The van der Waals surface area contributed by atoms with Crippen molar-refractivity contribution in [1.82, 2.24) is 9.88 Å². The highest BCUT2D eigenvalue weighted by atomic mass is 19.4. The summed E-state index contributed by atoms with van der Waals surface area (Å²) in [5, 5.41) is 12.1. The van der Waals surface area contributed by atoms with E-state index in [1.165, 1.54) is 12.1 Å². The van der Waals surface area contributed by atoms with Gasteiger partial charge in [-0.15, -0.1) is 0 Å². The molecule has 1 unspecified atom stereocenters. The SMILES string of the molecule is CCc1nc(C#N)c(NCC(c2ccc(C(F)(F)F)cc2)N(C)C)o1. The molecule has 0 spiro atoms. The van der Waals surface area contributed by atoms with Gasteiger partial charge in [-0.1, -0.05) is 19.1 Å². The normalized spacial score (nSPS) is 12.9. The number of hydrogen-bond acceptors (Lipinski definition) is 5. The van der Waals surface area contributed by atoms with Crippen LogP contribution in [0.3, 0.4) is 0 Å². The predicted molar refractivity (Wildman–Crippen MR) is 87.0 cm³/mol. The van der Waals surface area contributed by atoms with Crippen molar-refractivity contribution in [2.75, 3.05) is 26.0 Å². The van der Waals surface area contributed by atoms with E-state index in [4.69, 9.17) is 9.68 Å². The van der Waals surface area contributed by atoms with Gasteiger partial charge >= 0.3 is 6.18 Å². The first-order chi connectivity index (χ1) is 11.8. The third kappa shape index (κ3) is 4.51. The number of benzene rings is 1. The number of likely N-dealkylation sites (N-methyl/N-ethyl adjacent to an activating group) is 1. The molecule has 2 rings (SSSR count). The standard InChI is InChI=1S/C17H19F3N4O/c1-4-15-23-13(9-21)16(25-15)22-10-14(24(2)3)11-5-7-12(8-6-11)17(18,19)20/h5-8,14,22H,4,10H2,1-3H3. The lowest BCUT2D eigenvalue weighted by Crippen LogP contribution is -2.27. The molecule has 1 N–H and O–H groups in total. The van der Waals surface area contributed by atoms with Crippen molar-refractivity contribution in [3.8, 4) is 6.07 Å². The second-order valence-corrected chi connectivity index (χ2v) is 5.73. The Balaban J connectivity index is 2.17. The summed E-state index contributed by atoms with van der Waals surface area (Å²) >= 11 is 0. The summed E-state index contributed by atoms with van der Waals surface area (Å²) in [5.74, 6) is 0.730. The Kier molecular flexibility index (Phi) is 5.69. The molecule has 0 aliphatic rings. The summed E-state index contributed by atoms with van der Waals surface area (Å²) in [5.41, 5.74) is 0.206. The quantitative estimate of drug-likeness (QED) is 0.856. The van der Waals surface area contributed by atoms with Gasteiger partial charge in [0.25, 0.3) is 0 Å². The molecular weight excluding hydrogens is 333 g/mol. The van der Waals surface area contributed by atoms with Gasteiger partial charge in [-0.25, -0.2) is 4.98 Å². The van der Waals surface area contributed by atoms with Gasteiger partial charge in [0.15, 0.2) is 5.89 Å². The van der Waals surface area contributed by atoms with E-state index < -0.39 is 11.7 Å². The van der Waals surface area contributed by atoms with Gasteiger partial charge in [0.1, 0.15) is 6.07 Å². The number of anilines is 1. The van der Waals surface area contributed by atoms with Crippen LogP contribution in [0.25, 0.3) is 0 Å². The lowest BCUT2D eigenvalue weighted by Gasteiger charge is -2.25. The molecule has 0 radical (unpaired) electrons. The maximum atomic E-state index is 12.7. The highest BCUT2D eigenvalue weighted by molar-refractivity contribution is 5.45. The summed E-state index contributed by atoms with van der Waals surface area (Å²) in [6.45, 7) is 2.22. The van der Waals surface area contributed by atoms with Crippen LogP contribution in [-0.2, 0) is 12.6 Å². The van der Waals surface area contributed by atoms with Crippen molar-refractivity contribution in [3.63, 3.8) is 0 Å². The van der Waals surface area contributed by atoms with Crippen molar-refractivity contribution in [1.29, 1.82) is 5.26 Å². The first kappa shape index (κ1) is 18.8. The van der Waals surface area contributed by atoms with Crippen LogP contribution in [0.1, 0.15) is 35.7 Å². The average molecular weight is 352 g/mol. The molecular formula is C17H19F3N4O. The topological polar surface area (TPSA) is 65.1 Å². The van der Waals surface area contributed by atoms with E-state index in [0.29, 0.717) is 18.9 Å². The molecule has 5 nitrogen and oxygen atoms in total. The van der Waals surface area contributed by atoms with Crippen molar-refractivity contribution in [2.24, 2.45) is 0 Å². The molecule has 0 aliphatic carbocycles. The second kappa shape index (κ2) is 7.57. The van der Waals surface area contributed by atoms with Crippen LogP contribution in [0, 0.1) is 11.3 Å². The highest BCUT2D eigenvalue weighted by Crippen LogP contribution is 2.30. The molecule has 0 fully saturated rings. The fourth-order valence-electron chi connectivity index (χ4n) is 2.39. The van der Waals surface area contributed by atoms with Crippen molar-refractivity contribution >= 4 is 5.88 Å². The average Bonchev–Trinajstić information content (AvgIpc) is 2.97. The molecule has 134 valence electrons. The van der Waals surface area contributed by atoms with E-state index >= 15 is 0 Å². The molecule has 8 heteroatoms. The van der Waals surface area contributed by atoms with E-state index in [9.17, 15) is 13.2 Å². The zero-order valence-corrected chi connectivity index (χ0v) is 14.2. The molecule has 1 aromatic heterocycles. The molecule has 2 aromatic rings. The van der Waals surface area contributed by atoms with Crippen LogP contribution in [-0.4, -0.2) is 30.5 Å². The lowest BCUT2D eigenvalue weighted by atomic mass is 10.0. The summed E-state index contributed by atoms with van der Waals surface area (Å²) in [6.07, 6.45) is -3.80. The van der Waals surface area contributed by atoms with E-state index in [1.54, 1.807) is 0 Å². The number of nitrogens with zero attached hydrogens (tertiary/aromatic N) is 3. The van der Waals surface area contributed by atoms with Crippen LogP contribution < -0.4 is 5.32 Å². The number of hydrogen-bond donors (Lipinski definition) is 1. The largest absolute Gasteiger partial charge is 0.424 e. The lowest BCUT2D eigenvalue weighted by molar-refractivity contribution is -0.137. The third-order valence-electron chi connectivity index (χ3n) is 3.78. The number of nitrogens with one attached hydrogen (secondary N) is 1. The first-order valence-corrected chi connectivity index (χ1v) is 7.73. The minimum absolute atomic E-state index is 0.168. The molecule has 1 heterocycles. The summed E-state index contributed by atoms with van der Waals surface area (Å²) in [6, 6.07) is 6.80. The molecule has 0 saturated carbocycles. The molecule has 1 atom stereocenters. The Morgan fingerprint density at radius 3 is 2.40 bits per heavy atom. The van der Waals surface area contributed by atoms with Gasteiger partial charge in [-0.3, -0.25) is 0 Å². The highest BCUT2D eigenvalue weighted by Gasteiger charge is 2.30. The Morgan fingerprint density at radius 2 is 1.92 bits per heavy atom. The Morgan fingerprint density at radius 1 is 1.28 bits per heavy atom. The van der Waals surface area contributed by atoms with Crippen molar-refractivity contribution in [2.45, 2.75) is 25.6 Å². The van der Waals surface area contributed by atoms with Crippen LogP contribution >= 0.6 is 0 Å². The molecule has 1 aromatic carbocycles. The maximum absolute atomic E-state index is 12.7. The Hall–Kier alpha value is -2.53. The van der Waals surface area contributed by atoms with E-state index in [-0.39, 0.29) is 17.6 Å². The van der Waals surface area contributed by atoms with Crippen LogP contribution in [0.2, 0.25) is 0 Å². The number of nitriles is 1. The van der Waals surface area contributed by atoms with Crippen LogP contribution in [0.15, 0.2) is 28.7 Å². The molecule has 25 heavy (non-hydrogen) atoms. The second-order valence-electron chi connectivity index (χ2n) is 5.73. The third-order valence-corrected chi connectivity index (χ3v) is 3.78. The van der Waals surface area contributed by atoms with Gasteiger partial charge < -0.3 is 14.6 Å². The van der Waals surface area contributed by atoms with E-state index in [0.717, 1.165) is 17.7 Å². The van der Waals surface area contributed by atoms with Crippen LogP contribution in [0.5, 0.6) is 0 Å². The number of alkyl halides is 3. The predicted octanol–water partition coefficient (Wildman–Crippen LogP) is 3.84.